The molecule has 8 heteroatoms. The SMILES string of the molecule is CNC(=O)c1ccc(-c2ccc3c4cnccc4n(COCC[Si](C)(C)C)c3n2)nc1. The molecule has 0 aliphatic carbocycles. The first kappa shape index (κ1) is 21.1. The van der Waals surface area contributed by atoms with Crippen molar-refractivity contribution in [3.8, 4) is 11.4 Å². The van der Waals surface area contributed by atoms with E-state index in [9.17, 15) is 4.79 Å². The van der Waals surface area contributed by atoms with E-state index in [1.54, 1.807) is 25.5 Å². The normalized spacial score (nSPS) is 11.9. The first-order valence-electron chi connectivity index (χ1n) is 10.4. The summed E-state index contributed by atoms with van der Waals surface area (Å²) < 4.78 is 8.14. The van der Waals surface area contributed by atoms with Gasteiger partial charge >= 0.3 is 0 Å². The number of hydrogen-bond donors (Lipinski definition) is 1. The highest BCUT2D eigenvalue weighted by atomic mass is 28.3. The molecule has 0 spiro atoms. The number of fused-ring (bicyclic) bond motifs is 3. The molecular weight excluding hydrogens is 406 g/mol. The van der Waals surface area contributed by atoms with E-state index in [4.69, 9.17) is 9.72 Å². The number of hydrogen-bond acceptors (Lipinski definition) is 5. The summed E-state index contributed by atoms with van der Waals surface area (Å²) >= 11 is 0. The van der Waals surface area contributed by atoms with Gasteiger partial charge in [0.15, 0.2) is 0 Å². The van der Waals surface area contributed by atoms with Crippen molar-refractivity contribution in [1.82, 2.24) is 24.8 Å². The molecule has 0 fully saturated rings. The summed E-state index contributed by atoms with van der Waals surface area (Å²) in [6.07, 6.45) is 5.23. The van der Waals surface area contributed by atoms with E-state index in [0.717, 1.165) is 40.3 Å². The molecule has 1 N–H and O–H groups in total. The number of ether oxygens (including phenoxy) is 1. The van der Waals surface area contributed by atoms with Crippen LogP contribution in [0.4, 0.5) is 0 Å². The van der Waals surface area contributed by atoms with Crippen LogP contribution in [0.25, 0.3) is 33.3 Å². The van der Waals surface area contributed by atoms with E-state index in [-0.39, 0.29) is 5.91 Å². The third-order valence-corrected chi connectivity index (χ3v) is 6.95. The van der Waals surface area contributed by atoms with Crippen molar-refractivity contribution in [2.24, 2.45) is 0 Å². The Morgan fingerprint density at radius 2 is 1.87 bits per heavy atom. The number of aromatic nitrogens is 4. The monoisotopic (exact) mass is 433 g/mol. The molecule has 4 rings (SSSR count). The van der Waals surface area contributed by atoms with Gasteiger partial charge in [-0.05, 0) is 36.4 Å². The minimum atomic E-state index is -1.15. The summed E-state index contributed by atoms with van der Waals surface area (Å²) in [7, 11) is 0.450. The second-order valence-corrected chi connectivity index (χ2v) is 14.4. The lowest BCUT2D eigenvalue weighted by Gasteiger charge is -2.16. The van der Waals surface area contributed by atoms with Gasteiger partial charge < -0.3 is 14.6 Å². The first-order valence-corrected chi connectivity index (χ1v) is 14.1. The fourth-order valence-corrected chi connectivity index (χ4v) is 4.20. The summed E-state index contributed by atoms with van der Waals surface area (Å²) in [5, 5.41) is 4.68. The van der Waals surface area contributed by atoms with E-state index in [2.05, 4.69) is 45.6 Å². The topological polar surface area (TPSA) is 81.9 Å². The lowest BCUT2D eigenvalue weighted by atomic mass is 10.1. The van der Waals surface area contributed by atoms with Crippen LogP contribution in [0.2, 0.25) is 25.7 Å². The van der Waals surface area contributed by atoms with Crippen LogP contribution in [-0.2, 0) is 11.5 Å². The highest BCUT2D eigenvalue weighted by Crippen LogP contribution is 2.29. The van der Waals surface area contributed by atoms with Crippen molar-refractivity contribution >= 4 is 35.9 Å². The molecular formula is C23H27N5O2Si. The van der Waals surface area contributed by atoms with E-state index < -0.39 is 8.07 Å². The molecule has 160 valence electrons. The van der Waals surface area contributed by atoms with Crippen LogP contribution >= 0.6 is 0 Å². The minimum Gasteiger partial charge on any atom is -0.361 e. The Morgan fingerprint density at radius 1 is 1.06 bits per heavy atom. The van der Waals surface area contributed by atoms with Crippen LogP contribution in [0, 0.1) is 0 Å². The lowest BCUT2D eigenvalue weighted by molar-refractivity contribution is 0.0925. The number of carbonyl (C=O) groups is 1. The van der Waals surface area contributed by atoms with E-state index in [1.165, 1.54) is 0 Å². The molecule has 0 aliphatic rings. The van der Waals surface area contributed by atoms with Gasteiger partial charge in [-0.2, -0.15) is 0 Å². The molecule has 0 atom stereocenters. The molecule has 4 heterocycles. The Hall–Kier alpha value is -3.10. The largest absolute Gasteiger partial charge is 0.361 e. The van der Waals surface area contributed by atoms with Crippen molar-refractivity contribution in [1.29, 1.82) is 0 Å². The molecule has 0 aliphatic heterocycles. The molecule has 4 aromatic rings. The molecule has 0 bridgehead atoms. The average molecular weight is 434 g/mol. The van der Waals surface area contributed by atoms with Crippen LogP contribution in [0.3, 0.4) is 0 Å². The van der Waals surface area contributed by atoms with Crippen molar-refractivity contribution < 1.29 is 9.53 Å². The molecule has 0 unspecified atom stereocenters. The Labute approximate surface area is 182 Å². The minimum absolute atomic E-state index is 0.162. The molecule has 4 aromatic heterocycles. The zero-order valence-electron chi connectivity index (χ0n) is 18.3. The van der Waals surface area contributed by atoms with Gasteiger partial charge in [0, 0.05) is 51.1 Å². The maximum atomic E-state index is 11.8. The Kier molecular flexibility index (Phi) is 5.84. The molecule has 31 heavy (non-hydrogen) atoms. The summed E-state index contributed by atoms with van der Waals surface area (Å²) in [6, 6.07) is 10.7. The van der Waals surface area contributed by atoms with Gasteiger partial charge in [0.1, 0.15) is 12.4 Å². The maximum absolute atomic E-state index is 11.8. The van der Waals surface area contributed by atoms with Gasteiger partial charge in [-0.3, -0.25) is 14.8 Å². The highest BCUT2D eigenvalue weighted by Gasteiger charge is 2.16. The van der Waals surface area contributed by atoms with Gasteiger partial charge in [0.05, 0.1) is 22.5 Å². The van der Waals surface area contributed by atoms with Gasteiger partial charge in [0.2, 0.25) is 0 Å². The Morgan fingerprint density at radius 3 is 2.58 bits per heavy atom. The van der Waals surface area contributed by atoms with Gasteiger partial charge in [-0.15, -0.1) is 0 Å². The third-order valence-electron chi connectivity index (χ3n) is 5.24. The number of carbonyl (C=O) groups excluding carboxylic acids is 1. The predicted octanol–water partition coefficient (Wildman–Crippen LogP) is 4.32. The Bertz CT molecular complexity index is 1230. The number of nitrogens with one attached hydrogen (secondary N) is 1. The van der Waals surface area contributed by atoms with Gasteiger partial charge in [0.25, 0.3) is 5.91 Å². The predicted molar refractivity (Wildman–Crippen MR) is 126 cm³/mol. The van der Waals surface area contributed by atoms with E-state index >= 15 is 0 Å². The maximum Gasteiger partial charge on any atom is 0.252 e. The Balaban J connectivity index is 1.70. The van der Waals surface area contributed by atoms with Crippen LogP contribution in [0.1, 0.15) is 10.4 Å². The number of nitrogens with zero attached hydrogens (tertiary/aromatic N) is 4. The summed E-state index contributed by atoms with van der Waals surface area (Å²) in [4.78, 5) is 25.4. The molecule has 0 aromatic carbocycles. The van der Waals surface area contributed by atoms with Gasteiger partial charge in [-0.25, -0.2) is 4.98 Å². The quantitative estimate of drug-likeness (QED) is 0.347. The highest BCUT2D eigenvalue weighted by molar-refractivity contribution is 6.76. The average Bonchev–Trinajstić information content (AvgIpc) is 3.08. The first-order chi connectivity index (χ1) is 14.9. The molecule has 0 radical (unpaired) electrons. The smallest absolute Gasteiger partial charge is 0.252 e. The number of amides is 1. The van der Waals surface area contributed by atoms with Crippen LogP contribution in [-0.4, -0.2) is 47.2 Å². The zero-order chi connectivity index (χ0) is 22.0. The standard InChI is InChI=1S/C23H27N5O2Si/c1-24-23(29)16-5-7-19(26-13-16)20-8-6-17-18-14-25-10-9-21(18)28(22(17)27-20)15-30-11-12-31(2,3)4/h5-10,13-14H,11-12,15H2,1-4H3,(H,24,29). The number of rotatable bonds is 7. The van der Waals surface area contributed by atoms with Crippen LogP contribution < -0.4 is 5.32 Å². The lowest BCUT2D eigenvalue weighted by Crippen LogP contribution is -2.22. The van der Waals surface area contributed by atoms with Crippen LogP contribution in [0.15, 0.2) is 48.9 Å². The van der Waals surface area contributed by atoms with E-state index in [1.807, 2.05) is 24.4 Å². The van der Waals surface area contributed by atoms with Crippen molar-refractivity contribution in [2.45, 2.75) is 32.4 Å². The zero-order valence-corrected chi connectivity index (χ0v) is 19.3. The van der Waals surface area contributed by atoms with E-state index in [0.29, 0.717) is 18.0 Å². The van der Waals surface area contributed by atoms with Crippen LogP contribution in [0.5, 0.6) is 0 Å². The molecule has 0 saturated carbocycles. The van der Waals surface area contributed by atoms with Crippen molar-refractivity contribution in [3.63, 3.8) is 0 Å². The second kappa shape index (κ2) is 8.56. The summed E-state index contributed by atoms with van der Waals surface area (Å²) in [6.45, 7) is 8.22. The molecule has 1 amide bonds. The number of pyridine rings is 3. The van der Waals surface area contributed by atoms with Crippen molar-refractivity contribution in [2.75, 3.05) is 13.7 Å². The van der Waals surface area contributed by atoms with Crippen molar-refractivity contribution in [3.05, 3.63) is 54.5 Å². The fourth-order valence-electron chi connectivity index (χ4n) is 3.44. The summed E-state index contributed by atoms with van der Waals surface area (Å²) in [5.41, 5.74) is 3.86. The molecule has 7 nitrogen and oxygen atoms in total. The third kappa shape index (κ3) is 4.50. The fraction of sp³-hybridized carbons (Fsp3) is 0.304. The molecule has 0 saturated heterocycles. The summed E-state index contributed by atoms with van der Waals surface area (Å²) in [5.74, 6) is -0.162. The van der Waals surface area contributed by atoms with Gasteiger partial charge in [-0.1, -0.05) is 19.6 Å². The second-order valence-electron chi connectivity index (χ2n) is 8.75.